The van der Waals surface area contributed by atoms with Crippen molar-refractivity contribution in [2.45, 2.75) is 20.4 Å². The third-order valence-electron chi connectivity index (χ3n) is 4.14. The summed E-state index contributed by atoms with van der Waals surface area (Å²) in [4.78, 5) is 32.2. The third kappa shape index (κ3) is 4.76. The van der Waals surface area contributed by atoms with E-state index in [1.54, 1.807) is 36.5 Å². The molecule has 0 spiro atoms. The summed E-state index contributed by atoms with van der Waals surface area (Å²) in [6.45, 7) is 4.11. The van der Waals surface area contributed by atoms with Crippen molar-refractivity contribution in [3.8, 4) is 0 Å². The Morgan fingerprint density at radius 2 is 1.74 bits per heavy atom. The standard InChI is InChI=1S/C21H20N4O2/c1-14-5-3-4-6-17(14)13-23-21-22-12-11-19(25-21)20(27)24-18-9-7-16(8-10-18)15(2)26/h3-12H,13H2,1-2H3,(H,24,27)(H,22,23,25). The Balaban J connectivity index is 1.66. The van der Waals surface area contributed by atoms with Crippen molar-refractivity contribution < 1.29 is 9.59 Å². The number of nitrogens with zero attached hydrogens (tertiary/aromatic N) is 2. The minimum atomic E-state index is -0.341. The van der Waals surface area contributed by atoms with Crippen LogP contribution < -0.4 is 10.6 Å². The topological polar surface area (TPSA) is 84.0 Å². The molecule has 0 saturated carbocycles. The van der Waals surface area contributed by atoms with Crippen LogP contribution in [0.2, 0.25) is 0 Å². The highest BCUT2D eigenvalue weighted by Crippen LogP contribution is 2.13. The van der Waals surface area contributed by atoms with Gasteiger partial charge in [-0.3, -0.25) is 9.59 Å². The minimum Gasteiger partial charge on any atom is -0.350 e. The first-order valence-electron chi connectivity index (χ1n) is 8.57. The lowest BCUT2D eigenvalue weighted by Crippen LogP contribution is -2.15. The zero-order chi connectivity index (χ0) is 19.2. The van der Waals surface area contributed by atoms with Crippen molar-refractivity contribution in [3.63, 3.8) is 0 Å². The van der Waals surface area contributed by atoms with Gasteiger partial charge in [0, 0.05) is 24.0 Å². The Bertz CT molecular complexity index is 968. The monoisotopic (exact) mass is 360 g/mol. The number of hydrogen-bond donors (Lipinski definition) is 2. The van der Waals surface area contributed by atoms with Gasteiger partial charge >= 0.3 is 0 Å². The van der Waals surface area contributed by atoms with Gasteiger partial charge in [-0.1, -0.05) is 24.3 Å². The van der Waals surface area contributed by atoms with E-state index < -0.39 is 0 Å². The Morgan fingerprint density at radius 1 is 1.00 bits per heavy atom. The Morgan fingerprint density at radius 3 is 2.44 bits per heavy atom. The van der Waals surface area contributed by atoms with Crippen molar-refractivity contribution in [1.29, 1.82) is 0 Å². The first-order valence-corrected chi connectivity index (χ1v) is 8.57. The normalized spacial score (nSPS) is 10.3. The first kappa shape index (κ1) is 18.3. The number of ketones is 1. The second kappa shape index (κ2) is 8.23. The van der Waals surface area contributed by atoms with Crippen molar-refractivity contribution in [2.24, 2.45) is 0 Å². The summed E-state index contributed by atoms with van der Waals surface area (Å²) in [5, 5.41) is 5.91. The molecule has 6 nitrogen and oxygen atoms in total. The molecule has 1 aromatic heterocycles. The van der Waals surface area contributed by atoms with E-state index in [-0.39, 0.29) is 17.4 Å². The number of hydrogen-bond acceptors (Lipinski definition) is 5. The van der Waals surface area contributed by atoms with Gasteiger partial charge in [-0.2, -0.15) is 0 Å². The molecule has 2 aromatic carbocycles. The zero-order valence-electron chi connectivity index (χ0n) is 15.2. The maximum Gasteiger partial charge on any atom is 0.274 e. The molecule has 3 aromatic rings. The number of carbonyl (C=O) groups excluding carboxylic acids is 2. The third-order valence-corrected chi connectivity index (χ3v) is 4.14. The van der Waals surface area contributed by atoms with Crippen LogP contribution in [-0.2, 0) is 6.54 Å². The molecule has 0 unspecified atom stereocenters. The number of aryl methyl sites for hydroxylation is 1. The lowest BCUT2D eigenvalue weighted by Gasteiger charge is -2.09. The zero-order valence-corrected chi connectivity index (χ0v) is 15.2. The summed E-state index contributed by atoms with van der Waals surface area (Å²) in [5.41, 5.74) is 3.76. The van der Waals surface area contributed by atoms with Crippen molar-refractivity contribution in [1.82, 2.24) is 9.97 Å². The van der Waals surface area contributed by atoms with Gasteiger partial charge in [-0.25, -0.2) is 9.97 Å². The van der Waals surface area contributed by atoms with Crippen molar-refractivity contribution >= 4 is 23.3 Å². The van der Waals surface area contributed by atoms with E-state index >= 15 is 0 Å². The number of rotatable bonds is 6. The van der Waals surface area contributed by atoms with Gasteiger partial charge in [0.25, 0.3) is 5.91 Å². The molecule has 27 heavy (non-hydrogen) atoms. The highest BCUT2D eigenvalue weighted by molar-refractivity contribution is 6.03. The van der Waals surface area contributed by atoms with E-state index in [0.717, 1.165) is 5.56 Å². The summed E-state index contributed by atoms with van der Waals surface area (Å²) in [6, 6.07) is 16.3. The van der Waals surface area contributed by atoms with E-state index in [9.17, 15) is 9.59 Å². The minimum absolute atomic E-state index is 0.0203. The van der Waals surface area contributed by atoms with Gasteiger partial charge in [-0.05, 0) is 55.3 Å². The molecule has 0 fully saturated rings. The molecule has 0 aliphatic heterocycles. The van der Waals surface area contributed by atoms with E-state index in [1.807, 2.05) is 31.2 Å². The van der Waals surface area contributed by atoms with Gasteiger partial charge in [0.1, 0.15) is 5.69 Å². The van der Waals surface area contributed by atoms with E-state index in [4.69, 9.17) is 0 Å². The molecule has 0 radical (unpaired) electrons. The molecule has 136 valence electrons. The van der Waals surface area contributed by atoms with Gasteiger partial charge in [0.15, 0.2) is 5.78 Å². The number of carbonyl (C=O) groups is 2. The fourth-order valence-electron chi connectivity index (χ4n) is 2.54. The van der Waals surface area contributed by atoms with Gasteiger partial charge in [0.05, 0.1) is 0 Å². The number of nitrogens with one attached hydrogen (secondary N) is 2. The maximum absolute atomic E-state index is 12.4. The highest BCUT2D eigenvalue weighted by Gasteiger charge is 2.10. The van der Waals surface area contributed by atoms with Crippen LogP contribution in [0.1, 0.15) is 38.9 Å². The van der Waals surface area contributed by atoms with Gasteiger partial charge in [-0.15, -0.1) is 0 Å². The Hall–Kier alpha value is -3.54. The highest BCUT2D eigenvalue weighted by atomic mass is 16.2. The molecule has 6 heteroatoms. The van der Waals surface area contributed by atoms with Crippen LogP contribution in [0.25, 0.3) is 0 Å². The van der Waals surface area contributed by atoms with Crippen LogP contribution in [0.3, 0.4) is 0 Å². The lowest BCUT2D eigenvalue weighted by molar-refractivity contribution is 0.101. The predicted molar refractivity (Wildman–Crippen MR) is 105 cm³/mol. The fourth-order valence-corrected chi connectivity index (χ4v) is 2.54. The SMILES string of the molecule is CC(=O)c1ccc(NC(=O)c2ccnc(NCc3ccccc3C)n2)cc1. The molecule has 0 saturated heterocycles. The predicted octanol–water partition coefficient (Wildman–Crippen LogP) is 3.85. The second-order valence-corrected chi connectivity index (χ2v) is 6.13. The average Bonchev–Trinajstić information content (AvgIpc) is 2.68. The second-order valence-electron chi connectivity index (χ2n) is 6.13. The fraction of sp³-hybridized carbons (Fsp3) is 0.143. The van der Waals surface area contributed by atoms with Crippen LogP contribution in [0.4, 0.5) is 11.6 Å². The molecule has 1 heterocycles. The van der Waals surface area contributed by atoms with E-state index in [1.165, 1.54) is 12.5 Å². The molecular formula is C21H20N4O2. The molecule has 2 N–H and O–H groups in total. The van der Waals surface area contributed by atoms with Crippen LogP contribution in [0.5, 0.6) is 0 Å². The Labute approximate surface area is 157 Å². The molecule has 0 aliphatic carbocycles. The summed E-state index contributed by atoms with van der Waals surface area (Å²) >= 11 is 0. The molecule has 3 rings (SSSR count). The van der Waals surface area contributed by atoms with Gasteiger partial charge < -0.3 is 10.6 Å². The molecule has 0 bridgehead atoms. The van der Waals surface area contributed by atoms with Gasteiger partial charge in [0.2, 0.25) is 5.95 Å². The largest absolute Gasteiger partial charge is 0.350 e. The molecule has 0 atom stereocenters. The lowest BCUT2D eigenvalue weighted by atomic mass is 10.1. The van der Waals surface area contributed by atoms with Crippen LogP contribution in [-0.4, -0.2) is 21.7 Å². The van der Waals surface area contributed by atoms with E-state index in [2.05, 4.69) is 20.6 Å². The quantitative estimate of drug-likeness (QED) is 0.652. The van der Waals surface area contributed by atoms with Crippen molar-refractivity contribution in [3.05, 3.63) is 83.2 Å². The Kier molecular flexibility index (Phi) is 5.56. The number of benzene rings is 2. The summed E-state index contributed by atoms with van der Waals surface area (Å²) in [5.74, 6) is 0.0257. The summed E-state index contributed by atoms with van der Waals surface area (Å²) in [7, 11) is 0. The maximum atomic E-state index is 12.4. The average molecular weight is 360 g/mol. The van der Waals surface area contributed by atoms with Crippen LogP contribution >= 0.6 is 0 Å². The summed E-state index contributed by atoms with van der Waals surface area (Å²) in [6.07, 6.45) is 1.54. The number of anilines is 2. The molecule has 0 aliphatic rings. The number of Topliss-reactive ketones (excluding diaryl/α,β-unsaturated/α-hetero) is 1. The van der Waals surface area contributed by atoms with Crippen molar-refractivity contribution in [2.75, 3.05) is 10.6 Å². The van der Waals surface area contributed by atoms with Crippen LogP contribution in [0, 0.1) is 6.92 Å². The molecule has 1 amide bonds. The van der Waals surface area contributed by atoms with E-state index in [0.29, 0.717) is 23.7 Å². The molecular weight excluding hydrogens is 340 g/mol. The van der Waals surface area contributed by atoms with Crippen LogP contribution in [0.15, 0.2) is 60.8 Å². The summed E-state index contributed by atoms with van der Waals surface area (Å²) < 4.78 is 0. The first-order chi connectivity index (χ1) is 13.0. The number of amides is 1. The number of aromatic nitrogens is 2. The smallest absolute Gasteiger partial charge is 0.274 e.